The normalized spacial score (nSPS) is 17.0. The van der Waals surface area contributed by atoms with Crippen LogP contribution in [-0.4, -0.2) is 63.9 Å². The van der Waals surface area contributed by atoms with Crippen LogP contribution in [0.25, 0.3) is 11.3 Å². The maximum absolute atomic E-state index is 10.9. The first kappa shape index (κ1) is 26.4. The number of rotatable bonds is 11. The Labute approximate surface area is 214 Å². The van der Waals surface area contributed by atoms with E-state index < -0.39 is 6.10 Å². The zero-order chi connectivity index (χ0) is 25.5. The van der Waals surface area contributed by atoms with Crippen LogP contribution in [0.15, 0.2) is 60.7 Å². The molecule has 2 aromatic carbocycles. The lowest BCUT2D eigenvalue weighted by Gasteiger charge is -2.29. The largest absolute Gasteiger partial charge is 0.439 e. The first-order chi connectivity index (χ1) is 17.3. The zero-order valence-corrected chi connectivity index (χ0v) is 21.9. The number of hydrogen-bond donors (Lipinski definition) is 1. The number of nitrogens with zero attached hydrogens (tertiary/aromatic N) is 3. The van der Waals surface area contributed by atoms with Gasteiger partial charge in [0.2, 0.25) is 5.88 Å². The highest BCUT2D eigenvalue weighted by Crippen LogP contribution is 2.34. The van der Waals surface area contributed by atoms with Crippen LogP contribution in [0.1, 0.15) is 39.2 Å². The van der Waals surface area contributed by atoms with E-state index >= 15 is 0 Å². The smallest absolute Gasteiger partial charge is 0.222 e. The minimum absolute atomic E-state index is 0.149. The first-order valence-electron chi connectivity index (χ1n) is 12.8. The monoisotopic (exact) mass is 493 g/mol. The molecule has 194 valence electrons. The van der Waals surface area contributed by atoms with Crippen molar-refractivity contribution in [1.82, 2.24) is 14.7 Å². The van der Waals surface area contributed by atoms with Crippen molar-refractivity contribution in [3.05, 3.63) is 66.2 Å². The van der Waals surface area contributed by atoms with Gasteiger partial charge in [0, 0.05) is 38.9 Å². The van der Waals surface area contributed by atoms with Gasteiger partial charge in [-0.1, -0.05) is 48.5 Å². The summed E-state index contributed by atoms with van der Waals surface area (Å²) in [6, 6.07) is 19.9. The van der Waals surface area contributed by atoms with Crippen LogP contribution in [0.4, 0.5) is 0 Å². The lowest BCUT2D eigenvalue weighted by Crippen LogP contribution is -2.40. The predicted octanol–water partition coefficient (Wildman–Crippen LogP) is 5.04. The number of hydrogen-bond acceptors (Lipinski definition) is 6. The Hall–Kier alpha value is -2.71. The van der Waals surface area contributed by atoms with Crippen LogP contribution in [0.2, 0.25) is 0 Å². The number of aryl methyl sites for hydroxylation is 1. The van der Waals surface area contributed by atoms with Crippen molar-refractivity contribution in [3.8, 4) is 22.9 Å². The molecule has 1 aliphatic heterocycles. The van der Waals surface area contributed by atoms with E-state index in [9.17, 15) is 5.11 Å². The van der Waals surface area contributed by atoms with Gasteiger partial charge in [-0.3, -0.25) is 4.90 Å². The van der Waals surface area contributed by atoms with Gasteiger partial charge in [-0.05, 0) is 45.7 Å². The molecular weight excluding hydrogens is 454 g/mol. The van der Waals surface area contributed by atoms with Crippen LogP contribution in [0.5, 0.6) is 11.6 Å². The fourth-order valence-electron chi connectivity index (χ4n) is 4.45. The van der Waals surface area contributed by atoms with E-state index in [-0.39, 0.29) is 18.3 Å². The van der Waals surface area contributed by atoms with E-state index in [0.29, 0.717) is 19.0 Å². The quantitative estimate of drug-likeness (QED) is 0.404. The van der Waals surface area contributed by atoms with Gasteiger partial charge in [0.05, 0.1) is 30.0 Å². The highest BCUT2D eigenvalue weighted by Gasteiger charge is 2.27. The SMILES string of the molecule is Cn1nc(-c2ccccc2)c(CN(CC(O)COC(C)(C)C)CC2CCCO2)c1Oc1ccccc1. The summed E-state index contributed by atoms with van der Waals surface area (Å²) in [5.41, 5.74) is 2.58. The summed E-state index contributed by atoms with van der Waals surface area (Å²) in [5, 5.41) is 15.7. The van der Waals surface area contributed by atoms with Crippen molar-refractivity contribution in [2.75, 3.05) is 26.3 Å². The Balaban J connectivity index is 1.64. The standard InChI is InChI=1S/C29H39N3O4/c1-29(2,3)35-21-23(33)18-32(19-25-16-11-17-34-25)20-26-27(22-12-7-5-8-13-22)30-31(4)28(26)36-24-14-9-6-10-15-24/h5-10,12-15,23,25,33H,11,16-21H2,1-4H3. The van der Waals surface area contributed by atoms with Gasteiger partial charge in [-0.2, -0.15) is 5.10 Å². The van der Waals surface area contributed by atoms with Gasteiger partial charge in [-0.25, -0.2) is 4.68 Å². The minimum atomic E-state index is -0.624. The van der Waals surface area contributed by atoms with Gasteiger partial charge >= 0.3 is 0 Å². The minimum Gasteiger partial charge on any atom is -0.439 e. The van der Waals surface area contributed by atoms with E-state index in [0.717, 1.165) is 48.6 Å². The number of benzene rings is 2. The second-order valence-corrected chi connectivity index (χ2v) is 10.4. The summed E-state index contributed by atoms with van der Waals surface area (Å²) in [4.78, 5) is 2.24. The molecule has 1 aliphatic rings. The predicted molar refractivity (Wildman–Crippen MR) is 141 cm³/mol. The van der Waals surface area contributed by atoms with Crippen molar-refractivity contribution >= 4 is 0 Å². The summed E-state index contributed by atoms with van der Waals surface area (Å²) >= 11 is 0. The van der Waals surface area contributed by atoms with Crippen LogP contribution in [0, 0.1) is 0 Å². The van der Waals surface area contributed by atoms with Gasteiger partial charge in [-0.15, -0.1) is 0 Å². The second-order valence-electron chi connectivity index (χ2n) is 10.4. The highest BCUT2D eigenvalue weighted by atomic mass is 16.5. The number of ether oxygens (including phenoxy) is 3. The molecule has 4 rings (SSSR count). The van der Waals surface area contributed by atoms with Crippen LogP contribution < -0.4 is 4.74 Å². The maximum atomic E-state index is 10.9. The summed E-state index contributed by atoms with van der Waals surface area (Å²) in [7, 11) is 1.91. The zero-order valence-electron chi connectivity index (χ0n) is 21.9. The number of para-hydroxylation sites is 1. The summed E-state index contributed by atoms with van der Waals surface area (Å²) < 4.78 is 20.0. The van der Waals surface area contributed by atoms with Gasteiger partial charge < -0.3 is 19.3 Å². The Kier molecular flexibility index (Phi) is 8.80. The Morgan fingerprint density at radius 1 is 1.11 bits per heavy atom. The Morgan fingerprint density at radius 2 is 1.81 bits per heavy atom. The molecule has 2 unspecified atom stereocenters. The number of aliphatic hydroxyl groups excluding tert-OH is 1. The molecule has 1 aromatic heterocycles. The molecule has 0 radical (unpaired) electrons. The molecule has 0 saturated carbocycles. The Morgan fingerprint density at radius 3 is 2.44 bits per heavy atom. The van der Waals surface area contributed by atoms with Gasteiger partial charge in [0.25, 0.3) is 0 Å². The number of aliphatic hydroxyl groups is 1. The molecule has 1 saturated heterocycles. The molecule has 7 nitrogen and oxygen atoms in total. The third-order valence-corrected chi connectivity index (χ3v) is 6.14. The molecule has 0 bridgehead atoms. The van der Waals surface area contributed by atoms with E-state index in [2.05, 4.69) is 17.0 Å². The molecule has 0 amide bonds. The molecule has 36 heavy (non-hydrogen) atoms. The van der Waals surface area contributed by atoms with E-state index in [1.807, 2.05) is 76.3 Å². The average molecular weight is 494 g/mol. The van der Waals surface area contributed by atoms with Crippen molar-refractivity contribution in [1.29, 1.82) is 0 Å². The Bertz CT molecular complexity index is 1070. The molecule has 0 spiro atoms. The second kappa shape index (κ2) is 12.0. The van der Waals surface area contributed by atoms with Crippen LogP contribution in [-0.2, 0) is 23.1 Å². The van der Waals surface area contributed by atoms with E-state index in [1.54, 1.807) is 4.68 Å². The molecule has 2 atom stereocenters. The average Bonchev–Trinajstić information content (AvgIpc) is 3.47. The number of aromatic nitrogens is 2. The fraction of sp³-hybridized carbons (Fsp3) is 0.483. The van der Waals surface area contributed by atoms with E-state index in [1.165, 1.54) is 0 Å². The van der Waals surface area contributed by atoms with Crippen molar-refractivity contribution < 1.29 is 19.3 Å². The molecule has 3 aromatic rings. The van der Waals surface area contributed by atoms with Gasteiger partial charge in [0.15, 0.2) is 0 Å². The van der Waals surface area contributed by atoms with Gasteiger partial charge in [0.1, 0.15) is 11.4 Å². The van der Waals surface area contributed by atoms with Crippen molar-refractivity contribution in [3.63, 3.8) is 0 Å². The molecule has 2 heterocycles. The van der Waals surface area contributed by atoms with Crippen LogP contribution >= 0.6 is 0 Å². The molecule has 0 aliphatic carbocycles. The van der Waals surface area contributed by atoms with E-state index in [4.69, 9.17) is 19.3 Å². The third-order valence-electron chi connectivity index (χ3n) is 6.14. The van der Waals surface area contributed by atoms with Crippen molar-refractivity contribution in [2.24, 2.45) is 7.05 Å². The molecule has 1 fully saturated rings. The first-order valence-corrected chi connectivity index (χ1v) is 12.8. The summed E-state index contributed by atoms with van der Waals surface area (Å²) in [5.74, 6) is 1.45. The van der Waals surface area contributed by atoms with Crippen molar-refractivity contribution in [2.45, 2.75) is 58.0 Å². The maximum Gasteiger partial charge on any atom is 0.222 e. The highest BCUT2D eigenvalue weighted by molar-refractivity contribution is 5.65. The summed E-state index contributed by atoms with van der Waals surface area (Å²) in [6.07, 6.45) is 1.62. The topological polar surface area (TPSA) is 69.0 Å². The lowest BCUT2D eigenvalue weighted by atomic mass is 10.1. The lowest BCUT2D eigenvalue weighted by molar-refractivity contribution is -0.0594. The van der Waals surface area contributed by atoms with Crippen LogP contribution in [0.3, 0.4) is 0 Å². The fourth-order valence-corrected chi connectivity index (χ4v) is 4.45. The third kappa shape index (κ3) is 7.40. The molecule has 1 N–H and O–H groups in total. The summed E-state index contributed by atoms with van der Waals surface area (Å²) in [6.45, 7) is 8.81. The molecule has 7 heteroatoms. The molecular formula is C29H39N3O4.